The predicted molar refractivity (Wildman–Crippen MR) is 123 cm³/mol. The van der Waals surface area contributed by atoms with Crippen LogP contribution in [0.25, 0.3) is 11.1 Å². The van der Waals surface area contributed by atoms with E-state index in [1.807, 2.05) is 54.6 Å². The monoisotopic (exact) mass is 454 g/mol. The Morgan fingerprint density at radius 2 is 1.70 bits per heavy atom. The molecule has 33 heavy (non-hydrogen) atoms. The molecule has 0 aromatic heterocycles. The van der Waals surface area contributed by atoms with Crippen LogP contribution in [0.4, 0.5) is 0 Å². The number of carbonyl (C=O) groups is 3. The van der Waals surface area contributed by atoms with Crippen molar-refractivity contribution in [2.24, 2.45) is 0 Å². The van der Waals surface area contributed by atoms with Gasteiger partial charge in [0.2, 0.25) is 11.8 Å². The third-order valence-corrected chi connectivity index (χ3v) is 5.56. The molecule has 0 radical (unpaired) electrons. The van der Waals surface area contributed by atoms with E-state index >= 15 is 0 Å². The zero-order chi connectivity index (χ0) is 23.8. The summed E-state index contributed by atoms with van der Waals surface area (Å²) in [6.07, 6.45) is -1.05. The van der Waals surface area contributed by atoms with Crippen molar-refractivity contribution >= 4 is 17.8 Å². The Morgan fingerprint density at radius 1 is 1.03 bits per heavy atom. The molecule has 1 fully saturated rings. The maximum Gasteiger partial charge on any atom is 0.332 e. The average Bonchev–Trinajstić information content (AvgIpc) is 3.28. The van der Waals surface area contributed by atoms with Gasteiger partial charge in [0.25, 0.3) is 0 Å². The zero-order valence-electron chi connectivity index (χ0n) is 18.5. The minimum absolute atomic E-state index is 0.127. The van der Waals surface area contributed by atoms with Gasteiger partial charge >= 0.3 is 5.97 Å². The second kappa shape index (κ2) is 11.6. The normalized spacial score (nSPS) is 19.5. The lowest BCUT2D eigenvalue weighted by Gasteiger charge is -2.22. The Bertz CT molecular complexity index is 951. The highest BCUT2D eigenvalue weighted by molar-refractivity contribution is 5.83. The predicted octanol–water partition coefficient (Wildman–Crippen LogP) is 0.935. The molecule has 3 rings (SSSR count). The summed E-state index contributed by atoms with van der Waals surface area (Å²) >= 11 is 0. The largest absolute Gasteiger partial charge is 0.479 e. The van der Waals surface area contributed by atoms with Crippen LogP contribution in [0.3, 0.4) is 0 Å². The molecule has 0 aliphatic carbocycles. The van der Waals surface area contributed by atoms with E-state index in [-0.39, 0.29) is 24.4 Å². The molecule has 9 heteroatoms. The number of carboxylic acid groups (broad SMARTS) is 1. The molecule has 0 spiro atoms. The van der Waals surface area contributed by atoms with Crippen molar-refractivity contribution in [2.45, 2.75) is 57.0 Å². The number of amides is 2. The summed E-state index contributed by atoms with van der Waals surface area (Å²) < 4.78 is 0. The lowest BCUT2D eigenvalue weighted by Crippen LogP contribution is -2.49. The second-order valence-electron chi connectivity index (χ2n) is 8.11. The molecule has 4 atom stereocenters. The quantitative estimate of drug-likeness (QED) is 0.314. The maximum atomic E-state index is 12.8. The molecule has 2 amide bonds. The van der Waals surface area contributed by atoms with E-state index < -0.39 is 24.2 Å². The van der Waals surface area contributed by atoms with Crippen molar-refractivity contribution in [3.8, 4) is 11.1 Å². The Kier molecular flexibility index (Phi) is 8.53. The van der Waals surface area contributed by atoms with Crippen molar-refractivity contribution in [1.82, 2.24) is 21.5 Å². The first-order valence-electron chi connectivity index (χ1n) is 11.0. The highest BCUT2D eigenvalue weighted by atomic mass is 16.4. The molecule has 1 saturated heterocycles. The molecule has 6 N–H and O–H groups in total. The number of aliphatic hydroxyl groups excluding tert-OH is 1. The molecular formula is C24H30N4O5. The molecular weight excluding hydrogens is 424 g/mol. The smallest absolute Gasteiger partial charge is 0.332 e. The van der Waals surface area contributed by atoms with Gasteiger partial charge in [-0.15, -0.1) is 0 Å². The fourth-order valence-electron chi connectivity index (χ4n) is 3.73. The van der Waals surface area contributed by atoms with Gasteiger partial charge < -0.3 is 20.8 Å². The second-order valence-corrected chi connectivity index (χ2v) is 8.11. The van der Waals surface area contributed by atoms with Gasteiger partial charge in [-0.1, -0.05) is 61.5 Å². The number of aliphatic carboxylic acids is 1. The van der Waals surface area contributed by atoms with E-state index in [4.69, 9.17) is 5.11 Å². The third kappa shape index (κ3) is 7.11. The summed E-state index contributed by atoms with van der Waals surface area (Å²) in [5, 5.41) is 24.6. The number of hydrazine groups is 1. The standard InChI is InChI=1S/C24H30N4O5/c1-2-22(30)26-21-14-19(27-28-21)23(31)25-18(13-20(29)24(32)33)12-15-8-10-17(11-9-15)16-6-4-3-5-7-16/h3-11,18-21,27-29H,2,12-14H2,1H3,(H,25,31)(H,26,30)(H,32,33)/t18?,19?,20-,21?/m1/s1. The first-order valence-corrected chi connectivity index (χ1v) is 11.0. The fourth-order valence-corrected chi connectivity index (χ4v) is 3.73. The van der Waals surface area contributed by atoms with Crippen molar-refractivity contribution < 1.29 is 24.6 Å². The van der Waals surface area contributed by atoms with Crippen LogP contribution in [0.2, 0.25) is 0 Å². The number of carbonyl (C=O) groups excluding carboxylic acids is 2. The number of hydrogen-bond acceptors (Lipinski definition) is 6. The molecule has 176 valence electrons. The summed E-state index contributed by atoms with van der Waals surface area (Å²) in [5.74, 6) is -1.80. The van der Waals surface area contributed by atoms with Crippen LogP contribution in [-0.2, 0) is 20.8 Å². The average molecular weight is 455 g/mol. The summed E-state index contributed by atoms with van der Waals surface area (Å²) in [7, 11) is 0. The lowest BCUT2D eigenvalue weighted by molar-refractivity contribution is -0.147. The Morgan fingerprint density at radius 3 is 2.33 bits per heavy atom. The maximum absolute atomic E-state index is 12.8. The van der Waals surface area contributed by atoms with Gasteiger partial charge in [0.05, 0.1) is 6.17 Å². The highest BCUT2D eigenvalue weighted by Crippen LogP contribution is 2.20. The van der Waals surface area contributed by atoms with Crippen LogP contribution < -0.4 is 21.5 Å². The molecule has 2 aromatic rings. The van der Waals surface area contributed by atoms with Gasteiger partial charge in [0.1, 0.15) is 6.04 Å². The minimum atomic E-state index is -1.59. The van der Waals surface area contributed by atoms with Gasteiger partial charge in [-0.05, 0) is 23.1 Å². The Hall–Kier alpha value is -3.27. The minimum Gasteiger partial charge on any atom is -0.479 e. The van der Waals surface area contributed by atoms with E-state index in [1.54, 1.807) is 6.92 Å². The van der Waals surface area contributed by atoms with Gasteiger partial charge in [-0.25, -0.2) is 15.6 Å². The van der Waals surface area contributed by atoms with Crippen LogP contribution in [-0.4, -0.2) is 52.4 Å². The molecule has 2 aromatic carbocycles. The van der Waals surface area contributed by atoms with E-state index in [2.05, 4.69) is 21.5 Å². The van der Waals surface area contributed by atoms with Gasteiger partial charge in [0.15, 0.2) is 6.10 Å². The first-order chi connectivity index (χ1) is 15.9. The number of benzene rings is 2. The number of carboxylic acids is 1. The summed E-state index contributed by atoms with van der Waals surface area (Å²) in [6.45, 7) is 1.74. The first kappa shape index (κ1) is 24.4. The Labute approximate surface area is 192 Å². The van der Waals surface area contributed by atoms with Crippen molar-refractivity contribution in [2.75, 3.05) is 0 Å². The van der Waals surface area contributed by atoms with Crippen LogP contribution in [0, 0.1) is 0 Å². The van der Waals surface area contributed by atoms with Crippen molar-refractivity contribution in [1.29, 1.82) is 0 Å². The topological polar surface area (TPSA) is 140 Å². The van der Waals surface area contributed by atoms with E-state index in [0.29, 0.717) is 19.3 Å². The van der Waals surface area contributed by atoms with E-state index in [9.17, 15) is 19.5 Å². The lowest BCUT2D eigenvalue weighted by atomic mass is 9.97. The van der Waals surface area contributed by atoms with E-state index in [1.165, 1.54) is 0 Å². The molecule has 1 heterocycles. The van der Waals surface area contributed by atoms with Crippen LogP contribution >= 0.6 is 0 Å². The van der Waals surface area contributed by atoms with Gasteiger partial charge in [0, 0.05) is 25.3 Å². The summed E-state index contributed by atoms with van der Waals surface area (Å²) in [5.41, 5.74) is 8.76. The Balaban J connectivity index is 1.64. The van der Waals surface area contributed by atoms with Crippen molar-refractivity contribution in [3.63, 3.8) is 0 Å². The van der Waals surface area contributed by atoms with Crippen LogP contribution in [0.1, 0.15) is 31.7 Å². The number of hydrogen-bond donors (Lipinski definition) is 6. The molecule has 0 bridgehead atoms. The highest BCUT2D eigenvalue weighted by Gasteiger charge is 2.32. The third-order valence-electron chi connectivity index (χ3n) is 5.56. The molecule has 3 unspecified atom stereocenters. The summed E-state index contributed by atoms with van der Waals surface area (Å²) in [6, 6.07) is 16.5. The molecule has 0 saturated carbocycles. The number of aliphatic hydroxyl groups is 1. The fraction of sp³-hybridized carbons (Fsp3) is 0.375. The van der Waals surface area contributed by atoms with E-state index in [0.717, 1.165) is 16.7 Å². The van der Waals surface area contributed by atoms with Crippen LogP contribution in [0.15, 0.2) is 54.6 Å². The van der Waals surface area contributed by atoms with Gasteiger partial charge in [-0.3, -0.25) is 9.59 Å². The molecule has 1 aliphatic rings. The SMILES string of the molecule is CCC(=O)NC1CC(C(=O)NC(Cc2ccc(-c3ccccc3)cc2)C[C@@H](O)C(=O)O)NN1. The van der Waals surface area contributed by atoms with Crippen LogP contribution in [0.5, 0.6) is 0 Å². The number of rotatable bonds is 10. The molecule has 9 nitrogen and oxygen atoms in total. The number of nitrogens with one attached hydrogen (secondary N) is 4. The zero-order valence-corrected chi connectivity index (χ0v) is 18.5. The van der Waals surface area contributed by atoms with Crippen molar-refractivity contribution in [3.05, 3.63) is 60.2 Å². The molecule has 1 aliphatic heterocycles. The van der Waals surface area contributed by atoms with Gasteiger partial charge in [-0.2, -0.15) is 0 Å². The summed E-state index contributed by atoms with van der Waals surface area (Å²) in [4.78, 5) is 35.5.